The Morgan fingerprint density at radius 1 is 1.33 bits per heavy atom. The second kappa shape index (κ2) is 5.78. The van der Waals surface area contributed by atoms with Crippen molar-refractivity contribution in [3.63, 3.8) is 0 Å². The van der Waals surface area contributed by atoms with E-state index in [1.165, 1.54) is 12.6 Å². The zero-order valence-corrected chi connectivity index (χ0v) is 13.2. The number of hydrogen-bond acceptors (Lipinski definition) is 7. The van der Waals surface area contributed by atoms with Gasteiger partial charge in [-0.2, -0.15) is 0 Å². The molecule has 0 aliphatic carbocycles. The lowest BCUT2D eigenvalue weighted by molar-refractivity contribution is 0.0590. The van der Waals surface area contributed by atoms with E-state index in [0.29, 0.717) is 11.4 Å². The number of hydrogen-bond donors (Lipinski definition) is 1. The first kappa shape index (κ1) is 15.4. The number of sulfonamides is 1. The third-order valence-electron chi connectivity index (χ3n) is 2.63. The summed E-state index contributed by atoms with van der Waals surface area (Å²) in [5.41, 5.74) is 2.73. The van der Waals surface area contributed by atoms with Crippen molar-refractivity contribution in [1.29, 1.82) is 0 Å². The Bertz CT molecular complexity index is 784. The maximum atomic E-state index is 12.4. The fourth-order valence-corrected chi connectivity index (χ4v) is 3.90. The molecule has 0 atom stereocenters. The van der Waals surface area contributed by atoms with E-state index in [-0.39, 0.29) is 9.90 Å². The summed E-state index contributed by atoms with van der Waals surface area (Å²) in [6.45, 7) is 3.50. The van der Waals surface area contributed by atoms with E-state index >= 15 is 0 Å². The van der Waals surface area contributed by atoms with Crippen LogP contribution in [-0.4, -0.2) is 31.5 Å². The molecule has 0 aromatic carbocycles. The molecule has 0 spiro atoms. The topological polar surface area (TPSA) is 98.2 Å². The molecule has 2 rings (SSSR count). The summed E-state index contributed by atoms with van der Waals surface area (Å²) < 4.78 is 31.5. The fraction of sp³-hybridized carbons (Fsp3) is 0.250. The van der Waals surface area contributed by atoms with Crippen LogP contribution < -0.4 is 4.72 Å². The number of thiazole rings is 1. The third-order valence-corrected chi connectivity index (χ3v) is 5.36. The molecule has 0 fully saturated rings. The van der Waals surface area contributed by atoms with Crippen LogP contribution in [0.3, 0.4) is 0 Å². The van der Waals surface area contributed by atoms with Gasteiger partial charge in [0.15, 0.2) is 9.90 Å². The molecule has 0 aliphatic heterocycles. The van der Waals surface area contributed by atoms with Crippen molar-refractivity contribution in [2.75, 3.05) is 11.8 Å². The summed E-state index contributed by atoms with van der Waals surface area (Å²) in [5.74, 6) is -0.796. The number of methoxy groups -OCH3 is 1. The van der Waals surface area contributed by atoms with Crippen LogP contribution in [-0.2, 0) is 14.8 Å². The van der Waals surface area contributed by atoms with Crippen LogP contribution in [0, 0.1) is 13.8 Å². The van der Waals surface area contributed by atoms with E-state index in [1.807, 2.05) is 6.92 Å². The van der Waals surface area contributed by atoms with E-state index < -0.39 is 16.0 Å². The first-order valence-electron chi connectivity index (χ1n) is 5.84. The molecule has 0 saturated heterocycles. The quantitative estimate of drug-likeness (QED) is 0.859. The number of carbonyl (C=O) groups is 1. The fourth-order valence-electron chi connectivity index (χ4n) is 1.64. The number of nitrogens with one attached hydrogen (secondary N) is 1. The van der Waals surface area contributed by atoms with Crippen molar-refractivity contribution < 1.29 is 17.9 Å². The minimum atomic E-state index is -3.93. The molecule has 7 nitrogen and oxygen atoms in total. The lowest BCUT2D eigenvalue weighted by Crippen LogP contribution is -2.17. The van der Waals surface area contributed by atoms with Gasteiger partial charge in [0.25, 0.3) is 10.0 Å². The minimum Gasteiger partial charge on any atom is -0.464 e. The van der Waals surface area contributed by atoms with Gasteiger partial charge in [-0.1, -0.05) is 0 Å². The third kappa shape index (κ3) is 3.19. The molecular formula is C12H13N3O4S2. The summed E-state index contributed by atoms with van der Waals surface area (Å²) in [7, 11) is -2.76. The number of ether oxygens (including phenoxy) is 1. The number of pyridine rings is 1. The summed E-state index contributed by atoms with van der Waals surface area (Å²) in [4.78, 5) is 19.4. The van der Waals surface area contributed by atoms with Crippen LogP contribution in [0.5, 0.6) is 0 Å². The van der Waals surface area contributed by atoms with Gasteiger partial charge in [-0.25, -0.2) is 18.2 Å². The Morgan fingerprint density at radius 3 is 2.67 bits per heavy atom. The van der Waals surface area contributed by atoms with Crippen LogP contribution in [0.2, 0.25) is 0 Å². The van der Waals surface area contributed by atoms with Crippen LogP contribution in [0.4, 0.5) is 5.69 Å². The molecule has 0 aliphatic rings. The number of aryl methyl sites for hydroxylation is 2. The van der Waals surface area contributed by atoms with Crippen LogP contribution >= 0.6 is 11.3 Å². The van der Waals surface area contributed by atoms with Crippen LogP contribution in [0.25, 0.3) is 0 Å². The molecule has 2 heterocycles. The van der Waals surface area contributed by atoms with Gasteiger partial charge in [0.1, 0.15) is 0 Å². The number of rotatable bonds is 4. The smallest absolute Gasteiger partial charge is 0.358 e. The average molecular weight is 327 g/mol. The molecule has 0 bridgehead atoms. The molecule has 2 aromatic heterocycles. The van der Waals surface area contributed by atoms with Gasteiger partial charge in [0.2, 0.25) is 0 Å². The number of anilines is 1. The van der Waals surface area contributed by atoms with Gasteiger partial charge >= 0.3 is 5.97 Å². The molecular weight excluding hydrogens is 314 g/mol. The maximum Gasteiger partial charge on any atom is 0.358 e. The molecule has 9 heteroatoms. The predicted octanol–water partition coefficient (Wildman–Crippen LogP) is 1.74. The lowest BCUT2D eigenvalue weighted by Gasteiger charge is -2.09. The Hall–Kier alpha value is -2.00. The van der Waals surface area contributed by atoms with Crippen molar-refractivity contribution in [1.82, 2.24) is 9.97 Å². The van der Waals surface area contributed by atoms with Crippen molar-refractivity contribution in [3.05, 3.63) is 34.7 Å². The van der Waals surface area contributed by atoms with E-state index in [0.717, 1.165) is 17.0 Å². The minimum absolute atomic E-state index is 0.186. The molecule has 0 amide bonds. The molecule has 21 heavy (non-hydrogen) atoms. The standard InChI is InChI=1S/C12H13N3O4S2/c1-7-4-5-9(8(2)14-7)15-21(17,18)12-10(11(16)19-3)13-6-20-12/h4-6,15H,1-3H3. The van der Waals surface area contributed by atoms with Gasteiger partial charge in [0.05, 0.1) is 24.0 Å². The molecule has 0 unspecified atom stereocenters. The lowest BCUT2D eigenvalue weighted by atomic mass is 10.3. The first-order chi connectivity index (χ1) is 9.85. The number of esters is 1. The Kier molecular flexibility index (Phi) is 4.24. The van der Waals surface area contributed by atoms with Crippen molar-refractivity contribution in [2.24, 2.45) is 0 Å². The molecule has 0 saturated carbocycles. The second-order valence-electron chi connectivity index (χ2n) is 4.17. The zero-order valence-electron chi connectivity index (χ0n) is 11.6. The first-order valence-corrected chi connectivity index (χ1v) is 8.20. The normalized spacial score (nSPS) is 11.2. The molecule has 0 radical (unpaired) electrons. The predicted molar refractivity (Wildman–Crippen MR) is 78.0 cm³/mol. The molecule has 2 aromatic rings. The highest BCUT2D eigenvalue weighted by molar-refractivity contribution is 7.94. The van der Waals surface area contributed by atoms with Gasteiger partial charge in [-0.3, -0.25) is 9.71 Å². The van der Waals surface area contributed by atoms with Crippen molar-refractivity contribution in [3.8, 4) is 0 Å². The SMILES string of the molecule is COC(=O)c1ncsc1S(=O)(=O)Nc1ccc(C)nc1C. The van der Waals surface area contributed by atoms with E-state index in [4.69, 9.17) is 0 Å². The van der Waals surface area contributed by atoms with E-state index in [1.54, 1.807) is 19.1 Å². The van der Waals surface area contributed by atoms with Gasteiger partial charge in [-0.05, 0) is 26.0 Å². The van der Waals surface area contributed by atoms with E-state index in [9.17, 15) is 13.2 Å². The van der Waals surface area contributed by atoms with Crippen LogP contribution in [0.1, 0.15) is 21.9 Å². The molecule has 112 valence electrons. The highest BCUT2D eigenvalue weighted by Crippen LogP contribution is 2.24. The number of aromatic nitrogens is 2. The Labute approximate surface area is 126 Å². The van der Waals surface area contributed by atoms with Gasteiger partial charge < -0.3 is 4.74 Å². The van der Waals surface area contributed by atoms with Crippen LogP contribution in [0.15, 0.2) is 21.9 Å². The highest BCUT2D eigenvalue weighted by atomic mass is 32.2. The van der Waals surface area contributed by atoms with Gasteiger partial charge in [0, 0.05) is 5.69 Å². The average Bonchev–Trinajstić information content (AvgIpc) is 2.91. The van der Waals surface area contributed by atoms with Crippen molar-refractivity contribution >= 4 is 33.0 Å². The largest absolute Gasteiger partial charge is 0.464 e. The summed E-state index contributed by atoms with van der Waals surface area (Å²) in [6, 6.07) is 3.31. The van der Waals surface area contributed by atoms with Gasteiger partial charge in [-0.15, -0.1) is 11.3 Å². The number of carbonyl (C=O) groups excluding carboxylic acids is 1. The Morgan fingerprint density at radius 2 is 2.05 bits per heavy atom. The second-order valence-corrected chi connectivity index (χ2v) is 6.90. The molecule has 1 N–H and O–H groups in total. The maximum absolute atomic E-state index is 12.4. The van der Waals surface area contributed by atoms with E-state index in [2.05, 4.69) is 19.4 Å². The summed E-state index contributed by atoms with van der Waals surface area (Å²) >= 11 is 0.846. The highest BCUT2D eigenvalue weighted by Gasteiger charge is 2.27. The van der Waals surface area contributed by atoms with Crippen molar-refractivity contribution in [2.45, 2.75) is 18.1 Å². The zero-order chi connectivity index (χ0) is 15.6. The Balaban J connectivity index is 2.39. The number of nitrogens with zero attached hydrogens (tertiary/aromatic N) is 2. The summed E-state index contributed by atoms with van der Waals surface area (Å²) in [6.07, 6.45) is 0. The summed E-state index contributed by atoms with van der Waals surface area (Å²) in [5, 5.41) is 0. The monoisotopic (exact) mass is 327 g/mol.